The highest BCUT2D eigenvalue weighted by Crippen LogP contribution is 2.26. The van der Waals surface area contributed by atoms with Crippen molar-refractivity contribution in [3.05, 3.63) is 102 Å². The van der Waals surface area contributed by atoms with Gasteiger partial charge in [-0.1, -0.05) is 60.7 Å². The fourth-order valence-corrected chi connectivity index (χ4v) is 5.52. The smallest absolute Gasteiger partial charge is 0.228 e. The number of carbonyl (C=O) groups excluding carboxylic acids is 1. The molecule has 4 aromatic carbocycles. The number of anilines is 1. The molecule has 38 heavy (non-hydrogen) atoms. The first-order valence-electron chi connectivity index (χ1n) is 13.3. The first kappa shape index (κ1) is 24.2. The Morgan fingerprint density at radius 3 is 2.61 bits per heavy atom. The summed E-state index contributed by atoms with van der Waals surface area (Å²) in [5.74, 6) is 1.92. The van der Waals surface area contributed by atoms with Crippen molar-refractivity contribution in [2.24, 2.45) is 5.92 Å². The van der Waals surface area contributed by atoms with E-state index in [1.54, 1.807) is 7.11 Å². The Labute approximate surface area is 222 Å². The van der Waals surface area contributed by atoms with Crippen molar-refractivity contribution in [2.75, 3.05) is 25.5 Å². The Morgan fingerprint density at radius 2 is 1.74 bits per heavy atom. The first-order valence-corrected chi connectivity index (χ1v) is 13.3. The second-order valence-electron chi connectivity index (χ2n) is 10.0. The molecule has 0 saturated carbocycles. The third-order valence-electron chi connectivity index (χ3n) is 7.52. The van der Waals surface area contributed by atoms with Gasteiger partial charge in [0, 0.05) is 24.2 Å². The molecule has 2 heterocycles. The zero-order valence-corrected chi connectivity index (χ0v) is 21.6. The molecule has 0 radical (unpaired) electrons. The van der Waals surface area contributed by atoms with Crippen molar-refractivity contribution in [1.82, 2.24) is 14.5 Å². The fraction of sp³-hybridized carbons (Fsp3) is 0.250. The van der Waals surface area contributed by atoms with E-state index in [4.69, 9.17) is 9.72 Å². The number of aromatic nitrogens is 2. The molecule has 1 aliphatic rings. The van der Waals surface area contributed by atoms with Crippen LogP contribution in [0.25, 0.3) is 21.8 Å². The number of piperidine rings is 1. The highest BCUT2D eigenvalue weighted by molar-refractivity contribution is 6.02. The summed E-state index contributed by atoms with van der Waals surface area (Å²) in [6, 6.07) is 30.7. The van der Waals surface area contributed by atoms with Crippen LogP contribution < -0.4 is 10.1 Å². The molecule has 0 aliphatic carbocycles. The Hall–Kier alpha value is -4.16. The van der Waals surface area contributed by atoms with E-state index in [-0.39, 0.29) is 11.8 Å². The lowest BCUT2D eigenvalue weighted by Gasteiger charge is -2.32. The maximum Gasteiger partial charge on any atom is 0.228 e. The lowest BCUT2D eigenvalue weighted by atomic mass is 9.96. The minimum absolute atomic E-state index is 0.0536. The van der Waals surface area contributed by atoms with Gasteiger partial charge in [-0.15, -0.1) is 0 Å². The van der Waals surface area contributed by atoms with Gasteiger partial charge in [0.05, 0.1) is 30.6 Å². The SMILES string of the molecule is COc1ccc(Cn2c(CN3CCC[C@@H](C(=O)Nc4cccc5ccccc45)C3)nc3ccccc32)cc1. The minimum atomic E-state index is -0.0536. The molecule has 1 amide bonds. The van der Waals surface area contributed by atoms with Crippen LogP contribution in [-0.4, -0.2) is 40.6 Å². The van der Waals surface area contributed by atoms with E-state index in [1.807, 2.05) is 42.5 Å². The van der Waals surface area contributed by atoms with Crippen molar-refractivity contribution in [3.8, 4) is 5.75 Å². The number of imidazole rings is 1. The zero-order chi connectivity index (χ0) is 25.9. The van der Waals surface area contributed by atoms with Crippen molar-refractivity contribution >= 4 is 33.4 Å². The van der Waals surface area contributed by atoms with Crippen LogP contribution in [0.1, 0.15) is 24.2 Å². The van der Waals surface area contributed by atoms with Crippen LogP contribution in [0.3, 0.4) is 0 Å². The van der Waals surface area contributed by atoms with Crippen molar-refractivity contribution < 1.29 is 9.53 Å². The van der Waals surface area contributed by atoms with E-state index in [1.165, 1.54) is 5.56 Å². The molecule has 0 unspecified atom stereocenters. The first-order chi connectivity index (χ1) is 18.7. The number of hydrogen-bond acceptors (Lipinski definition) is 4. The zero-order valence-electron chi connectivity index (χ0n) is 21.6. The number of nitrogens with one attached hydrogen (secondary N) is 1. The number of nitrogens with zero attached hydrogens (tertiary/aromatic N) is 3. The van der Waals surface area contributed by atoms with E-state index in [9.17, 15) is 4.79 Å². The third-order valence-corrected chi connectivity index (χ3v) is 7.52. The lowest BCUT2D eigenvalue weighted by molar-refractivity contribution is -0.121. The van der Waals surface area contributed by atoms with E-state index in [0.29, 0.717) is 6.54 Å². The number of carbonyl (C=O) groups is 1. The monoisotopic (exact) mass is 504 g/mol. The van der Waals surface area contributed by atoms with Crippen LogP contribution in [0.2, 0.25) is 0 Å². The van der Waals surface area contributed by atoms with Crippen LogP contribution in [0.15, 0.2) is 91.0 Å². The molecule has 0 bridgehead atoms. The van der Waals surface area contributed by atoms with Gasteiger partial charge in [-0.05, 0) is 60.7 Å². The van der Waals surface area contributed by atoms with Crippen molar-refractivity contribution in [2.45, 2.75) is 25.9 Å². The average Bonchev–Trinajstić information content (AvgIpc) is 3.30. The molecule has 5 aromatic rings. The molecule has 1 aliphatic heterocycles. The molecule has 192 valence electrons. The molecule has 6 heteroatoms. The normalized spacial score (nSPS) is 16.1. The van der Waals surface area contributed by atoms with Crippen LogP contribution in [0.4, 0.5) is 5.69 Å². The second kappa shape index (κ2) is 10.7. The molecule has 1 saturated heterocycles. The Bertz CT molecular complexity index is 1570. The maximum absolute atomic E-state index is 13.3. The summed E-state index contributed by atoms with van der Waals surface area (Å²) in [5.41, 5.74) is 4.20. The summed E-state index contributed by atoms with van der Waals surface area (Å²) < 4.78 is 7.63. The quantitative estimate of drug-likeness (QED) is 0.291. The molecule has 1 fully saturated rings. The summed E-state index contributed by atoms with van der Waals surface area (Å²) in [6.07, 6.45) is 1.89. The van der Waals surface area contributed by atoms with E-state index < -0.39 is 0 Å². The van der Waals surface area contributed by atoms with Crippen LogP contribution >= 0.6 is 0 Å². The Morgan fingerprint density at radius 1 is 0.947 bits per heavy atom. The topological polar surface area (TPSA) is 59.4 Å². The van der Waals surface area contributed by atoms with Crippen LogP contribution in [0, 0.1) is 5.92 Å². The number of benzene rings is 4. The number of methoxy groups -OCH3 is 1. The Kier molecular flexibility index (Phi) is 6.80. The predicted molar refractivity (Wildman–Crippen MR) is 152 cm³/mol. The molecule has 1 atom stereocenters. The standard InChI is InChI=1S/C32H32N4O2/c1-38-26-17-15-23(16-18-26)20-36-30-14-5-4-12-29(30)33-31(36)22-35-19-7-10-25(21-35)32(37)34-28-13-6-9-24-8-2-3-11-27(24)28/h2-6,8-9,11-18,25H,7,10,19-22H2,1H3,(H,34,37)/t25-/m1/s1. The van der Waals surface area contributed by atoms with Gasteiger partial charge in [-0.25, -0.2) is 4.98 Å². The summed E-state index contributed by atoms with van der Waals surface area (Å²) in [4.78, 5) is 20.7. The summed E-state index contributed by atoms with van der Waals surface area (Å²) in [7, 11) is 1.69. The summed E-state index contributed by atoms with van der Waals surface area (Å²) >= 11 is 0. The van der Waals surface area contributed by atoms with Crippen LogP contribution in [-0.2, 0) is 17.9 Å². The summed E-state index contributed by atoms with van der Waals surface area (Å²) in [5, 5.41) is 5.42. The predicted octanol–water partition coefficient (Wildman–Crippen LogP) is 6.10. The molecular weight excluding hydrogens is 472 g/mol. The number of ether oxygens (including phenoxy) is 1. The maximum atomic E-state index is 13.3. The van der Waals surface area contributed by atoms with Gasteiger partial charge in [0.15, 0.2) is 0 Å². The number of hydrogen-bond donors (Lipinski definition) is 1. The number of likely N-dealkylation sites (tertiary alicyclic amines) is 1. The molecule has 6 rings (SSSR count). The number of para-hydroxylation sites is 2. The van der Waals surface area contributed by atoms with Gasteiger partial charge in [-0.3, -0.25) is 9.69 Å². The molecule has 0 spiro atoms. The van der Waals surface area contributed by atoms with Gasteiger partial charge in [0.25, 0.3) is 0 Å². The highest BCUT2D eigenvalue weighted by atomic mass is 16.5. The van der Waals surface area contributed by atoms with Crippen molar-refractivity contribution in [3.63, 3.8) is 0 Å². The number of rotatable bonds is 7. The number of amides is 1. The largest absolute Gasteiger partial charge is 0.497 e. The minimum Gasteiger partial charge on any atom is -0.497 e. The fourth-order valence-electron chi connectivity index (χ4n) is 5.52. The molecule has 1 N–H and O–H groups in total. The second-order valence-corrected chi connectivity index (χ2v) is 10.0. The van der Waals surface area contributed by atoms with E-state index in [0.717, 1.165) is 71.5 Å². The molecule has 6 nitrogen and oxygen atoms in total. The van der Waals surface area contributed by atoms with E-state index in [2.05, 4.69) is 63.3 Å². The van der Waals surface area contributed by atoms with E-state index >= 15 is 0 Å². The Balaban J connectivity index is 1.20. The number of fused-ring (bicyclic) bond motifs is 2. The van der Waals surface area contributed by atoms with Gasteiger partial charge in [-0.2, -0.15) is 0 Å². The molecular formula is C32H32N4O2. The molecule has 1 aromatic heterocycles. The van der Waals surface area contributed by atoms with Gasteiger partial charge in [0.1, 0.15) is 11.6 Å². The highest BCUT2D eigenvalue weighted by Gasteiger charge is 2.27. The van der Waals surface area contributed by atoms with Gasteiger partial charge >= 0.3 is 0 Å². The van der Waals surface area contributed by atoms with Gasteiger partial charge < -0.3 is 14.6 Å². The summed E-state index contributed by atoms with van der Waals surface area (Å²) in [6.45, 7) is 3.13. The average molecular weight is 505 g/mol. The van der Waals surface area contributed by atoms with Gasteiger partial charge in [0.2, 0.25) is 5.91 Å². The third kappa shape index (κ3) is 5.00. The van der Waals surface area contributed by atoms with Crippen LogP contribution in [0.5, 0.6) is 5.75 Å². The van der Waals surface area contributed by atoms with Crippen molar-refractivity contribution in [1.29, 1.82) is 0 Å². The lowest BCUT2D eigenvalue weighted by Crippen LogP contribution is -2.40.